The van der Waals surface area contributed by atoms with Crippen LogP contribution in [0.3, 0.4) is 0 Å². The summed E-state index contributed by atoms with van der Waals surface area (Å²) in [4.78, 5) is 28.0. The molecule has 0 aliphatic carbocycles. The first kappa shape index (κ1) is 25.0. The van der Waals surface area contributed by atoms with Crippen LogP contribution in [0, 0.1) is 10.1 Å². The van der Waals surface area contributed by atoms with Crippen molar-refractivity contribution in [2.24, 2.45) is 0 Å². The molecule has 7 heteroatoms. The number of hydrogen-bond donors (Lipinski definition) is 0. The molecule has 1 saturated heterocycles. The Labute approximate surface area is 189 Å². The Bertz CT molecular complexity index is 843. The predicted molar refractivity (Wildman–Crippen MR) is 125 cm³/mol. The number of nitro benzene ring substituents is 1. The highest BCUT2D eigenvalue weighted by molar-refractivity contribution is 7.99. The van der Waals surface area contributed by atoms with Gasteiger partial charge in [-0.15, -0.1) is 0 Å². The molecule has 1 heterocycles. The van der Waals surface area contributed by atoms with Crippen molar-refractivity contribution in [1.82, 2.24) is 4.90 Å². The topological polar surface area (TPSA) is 72.7 Å². The monoisotopic (exact) mass is 444 g/mol. The van der Waals surface area contributed by atoms with Crippen LogP contribution in [0.15, 0.2) is 58.3 Å². The maximum absolute atomic E-state index is 13.4. The lowest BCUT2D eigenvalue weighted by Crippen LogP contribution is -2.57. The molecule has 31 heavy (non-hydrogen) atoms. The minimum atomic E-state index is -0.489. The van der Waals surface area contributed by atoms with Gasteiger partial charge in [-0.05, 0) is 37.1 Å². The van der Waals surface area contributed by atoms with E-state index in [0.717, 1.165) is 35.7 Å². The van der Waals surface area contributed by atoms with Gasteiger partial charge in [0.15, 0.2) is 5.78 Å². The van der Waals surface area contributed by atoms with Gasteiger partial charge in [0.25, 0.3) is 5.69 Å². The van der Waals surface area contributed by atoms with Crippen LogP contribution in [0.5, 0.6) is 0 Å². The third kappa shape index (κ3) is 5.93. The van der Waals surface area contributed by atoms with E-state index >= 15 is 0 Å². The molecule has 0 unspecified atom stereocenters. The van der Waals surface area contributed by atoms with Gasteiger partial charge in [0.2, 0.25) is 0 Å². The second-order valence-corrected chi connectivity index (χ2v) is 8.19. The molecule has 0 N–H and O–H groups in total. The van der Waals surface area contributed by atoms with Gasteiger partial charge in [-0.3, -0.25) is 19.8 Å². The molecule has 1 fully saturated rings. The molecule has 0 atom stereocenters. The van der Waals surface area contributed by atoms with Crippen LogP contribution < -0.4 is 0 Å². The summed E-state index contributed by atoms with van der Waals surface area (Å²) in [7, 11) is 0. The Balaban J connectivity index is 0.00000166. The summed E-state index contributed by atoms with van der Waals surface area (Å²) in [5.41, 5.74) is 0.304. The van der Waals surface area contributed by atoms with Gasteiger partial charge in [0, 0.05) is 40.6 Å². The van der Waals surface area contributed by atoms with E-state index in [4.69, 9.17) is 4.74 Å². The second-order valence-electron chi connectivity index (χ2n) is 7.04. The van der Waals surface area contributed by atoms with Crippen molar-refractivity contribution < 1.29 is 14.5 Å². The largest absolute Gasteiger partial charge is 0.379 e. The van der Waals surface area contributed by atoms with Gasteiger partial charge < -0.3 is 4.74 Å². The fourth-order valence-electron chi connectivity index (χ4n) is 3.87. The number of ketones is 1. The molecule has 0 saturated carbocycles. The molecule has 2 aromatic carbocycles. The predicted octanol–water partition coefficient (Wildman–Crippen LogP) is 5.85. The van der Waals surface area contributed by atoms with Gasteiger partial charge in [-0.25, -0.2) is 0 Å². The number of rotatable bonds is 8. The number of morpholine rings is 1. The van der Waals surface area contributed by atoms with Crippen molar-refractivity contribution in [3.8, 4) is 0 Å². The molecular formula is C24H32N2O4S. The highest BCUT2D eigenvalue weighted by atomic mass is 32.2. The number of carbonyl (C=O) groups excluding carboxylic acids is 1. The van der Waals surface area contributed by atoms with Crippen molar-refractivity contribution in [2.75, 3.05) is 26.3 Å². The SMILES string of the molecule is CC.CCC(CC)(C(=O)c1ccc(Sc2ccc([N+](=O)[O-])cc2)cc1)N1CCOCC1. The van der Waals surface area contributed by atoms with Crippen molar-refractivity contribution in [3.63, 3.8) is 0 Å². The van der Waals surface area contributed by atoms with Crippen molar-refractivity contribution >= 4 is 23.2 Å². The molecule has 0 bridgehead atoms. The van der Waals surface area contributed by atoms with Crippen molar-refractivity contribution in [3.05, 3.63) is 64.2 Å². The Kier molecular flexibility index (Phi) is 9.68. The third-order valence-corrected chi connectivity index (χ3v) is 6.62. The normalized spacial score (nSPS) is 14.5. The Morgan fingerprint density at radius 3 is 1.94 bits per heavy atom. The molecule has 0 amide bonds. The zero-order valence-corrected chi connectivity index (χ0v) is 19.6. The third-order valence-electron chi connectivity index (χ3n) is 5.61. The van der Waals surface area contributed by atoms with E-state index in [-0.39, 0.29) is 11.5 Å². The molecule has 6 nitrogen and oxygen atoms in total. The zero-order chi connectivity index (χ0) is 22.9. The standard InChI is InChI=1S/C22H26N2O4S.C2H6/c1-3-22(4-2,23-13-15-28-16-14-23)21(25)17-5-9-19(10-6-17)29-20-11-7-18(8-12-20)24(26)27;1-2/h5-12H,3-4,13-16H2,1-2H3;1-2H3. The van der Waals surface area contributed by atoms with E-state index in [1.54, 1.807) is 12.1 Å². The van der Waals surface area contributed by atoms with Crippen molar-refractivity contribution in [1.29, 1.82) is 0 Å². The van der Waals surface area contributed by atoms with Gasteiger partial charge >= 0.3 is 0 Å². The first-order chi connectivity index (χ1) is 15.0. The number of Topliss-reactive ketones (excluding diaryl/α,β-unsaturated/α-hetero) is 1. The van der Waals surface area contributed by atoms with E-state index in [1.165, 1.54) is 23.9 Å². The molecule has 0 spiro atoms. The summed E-state index contributed by atoms with van der Waals surface area (Å²) in [6.07, 6.45) is 1.53. The molecular weight excluding hydrogens is 412 g/mol. The van der Waals surface area contributed by atoms with Crippen LogP contribution in [0.25, 0.3) is 0 Å². The smallest absolute Gasteiger partial charge is 0.269 e. The number of ether oxygens (including phenoxy) is 1. The van der Waals surface area contributed by atoms with Crippen LogP contribution in [0.1, 0.15) is 50.9 Å². The van der Waals surface area contributed by atoms with Gasteiger partial charge in [-0.2, -0.15) is 0 Å². The molecule has 1 aliphatic heterocycles. The zero-order valence-electron chi connectivity index (χ0n) is 18.8. The van der Waals surface area contributed by atoms with E-state index in [0.29, 0.717) is 18.8 Å². The summed E-state index contributed by atoms with van der Waals surface area (Å²) in [6.45, 7) is 11.0. The van der Waals surface area contributed by atoms with Gasteiger partial charge in [-0.1, -0.05) is 51.6 Å². The fraction of sp³-hybridized carbons (Fsp3) is 0.458. The molecule has 1 aliphatic rings. The first-order valence-electron chi connectivity index (χ1n) is 10.9. The fourth-order valence-corrected chi connectivity index (χ4v) is 4.68. The second kappa shape index (κ2) is 12.0. The molecule has 168 valence electrons. The molecule has 2 aromatic rings. The molecule has 3 rings (SSSR count). The lowest BCUT2D eigenvalue weighted by atomic mass is 9.82. The summed E-state index contributed by atoms with van der Waals surface area (Å²) in [6, 6.07) is 14.1. The Morgan fingerprint density at radius 2 is 1.48 bits per heavy atom. The minimum absolute atomic E-state index is 0.0777. The maximum atomic E-state index is 13.4. The molecule has 0 radical (unpaired) electrons. The summed E-state index contributed by atoms with van der Waals surface area (Å²) in [5, 5.41) is 10.8. The van der Waals surface area contributed by atoms with E-state index in [2.05, 4.69) is 18.7 Å². The van der Waals surface area contributed by atoms with Crippen LogP contribution in [-0.2, 0) is 4.74 Å². The van der Waals surface area contributed by atoms with Gasteiger partial charge in [0.05, 0.1) is 23.7 Å². The number of benzene rings is 2. The van der Waals surface area contributed by atoms with E-state index < -0.39 is 10.5 Å². The highest BCUT2D eigenvalue weighted by Gasteiger charge is 2.41. The molecule has 0 aromatic heterocycles. The number of nitrogens with zero attached hydrogens (tertiary/aromatic N) is 2. The average Bonchev–Trinajstić information content (AvgIpc) is 2.83. The maximum Gasteiger partial charge on any atom is 0.269 e. The summed E-state index contributed by atoms with van der Waals surface area (Å²) >= 11 is 1.51. The first-order valence-corrected chi connectivity index (χ1v) is 11.7. The number of non-ortho nitro benzene ring substituents is 1. The van der Waals surface area contributed by atoms with E-state index in [1.807, 2.05) is 38.1 Å². The lowest BCUT2D eigenvalue weighted by Gasteiger charge is -2.43. The average molecular weight is 445 g/mol. The number of carbonyl (C=O) groups is 1. The van der Waals surface area contributed by atoms with Crippen LogP contribution in [0.4, 0.5) is 5.69 Å². The quantitative estimate of drug-likeness (QED) is 0.289. The Morgan fingerprint density at radius 1 is 1.00 bits per heavy atom. The summed E-state index contributed by atoms with van der Waals surface area (Å²) in [5.74, 6) is 0.163. The Hall–Kier alpha value is -2.22. The van der Waals surface area contributed by atoms with E-state index in [9.17, 15) is 14.9 Å². The number of nitro groups is 1. The van der Waals surface area contributed by atoms with Crippen LogP contribution >= 0.6 is 11.8 Å². The van der Waals surface area contributed by atoms with Crippen molar-refractivity contribution in [2.45, 2.75) is 55.9 Å². The summed E-state index contributed by atoms with van der Waals surface area (Å²) < 4.78 is 5.47. The lowest BCUT2D eigenvalue weighted by molar-refractivity contribution is -0.384. The van der Waals surface area contributed by atoms with Crippen LogP contribution in [-0.4, -0.2) is 47.4 Å². The minimum Gasteiger partial charge on any atom is -0.379 e. The number of hydrogen-bond acceptors (Lipinski definition) is 6. The van der Waals surface area contributed by atoms with Crippen LogP contribution in [0.2, 0.25) is 0 Å². The highest BCUT2D eigenvalue weighted by Crippen LogP contribution is 2.32. The van der Waals surface area contributed by atoms with Gasteiger partial charge in [0.1, 0.15) is 0 Å².